The van der Waals surface area contributed by atoms with E-state index in [9.17, 15) is 14.4 Å². The van der Waals surface area contributed by atoms with Crippen molar-refractivity contribution < 1.29 is 28.6 Å². The molecule has 0 aromatic heterocycles. The Morgan fingerprint density at radius 3 is 0.877 bits per heavy atom. The number of unbranched alkanes of at least 4 members (excludes halogenated alkanes) is 37. The minimum atomic E-state index is -0.762. The third kappa shape index (κ3) is 51.6. The Bertz CT molecular complexity index is 995. The van der Waals surface area contributed by atoms with Crippen molar-refractivity contribution in [2.24, 2.45) is 11.8 Å². The zero-order chi connectivity index (χ0) is 47.5. The van der Waals surface area contributed by atoms with Crippen LogP contribution < -0.4 is 0 Å². The zero-order valence-electron chi connectivity index (χ0n) is 44.6. The Kier molecular flexibility index (Phi) is 50.5. The van der Waals surface area contributed by atoms with Gasteiger partial charge >= 0.3 is 17.9 Å². The molecule has 2 atom stereocenters. The lowest BCUT2D eigenvalue weighted by atomic mass is 9.99. The number of esters is 3. The summed E-state index contributed by atoms with van der Waals surface area (Å²) in [6, 6.07) is 0. The maximum Gasteiger partial charge on any atom is 0.306 e. The number of carbonyl (C=O) groups is 3. The molecule has 0 aromatic rings. The summed E-state index contributed by atoms with van der Waals surface area (Å²) < 4.78 is 16.9. The molecule has 0 N–H and O–H groups in total. The fraction of sp³-hybridized carbons (Fsp3) is 0.949. The van der Waals surface area contributed by atoms with Crippen molar-refractivity contribution in [3.05, 3.63) is 0 Å². The minimum absolute atomic E-state index is 0.0628. The maximum atomic E-state index is 12.8. The fourth-order valence-electron chi connectivity index (χ4n) is 9.02. The van der Waals surface area contributed by atoms with Gasteiger partial charge in [0.15, 0.2) is 6.10 Å². The van der Waals surface area contributed by atoms with Gasteiger partial charge in [0, 0.05) is 19.3 Å². The molecule has 0 aromatic carbocycles. The summed E-state index contributed by atoms with van der Waals surface area (Å²) in [5.41, 5.74) is 0. The van der Waals surface area contributed by atoms with E-state index in [2.05, 4.69) is 34.6 Å². The molecule has 0 saturated heterocycles. The number of rotatable bonds is 53. The molecular formula is C59H114O6. The Morgan fingerprint density at radius 1 is 0.323 bits per heavy atom. The molecule has 0 rings (SSSR count). The van der Waals surface area contributed by atoms with Gasteiger partial charge in [0.25, 0.3) is 0 Å². The molecule has 386 valence electrons. The van der Waals surface area contributed by atoms with Crippen LogP contribution in [0.5, 0.6) is 0 Å². The van der Waals surface area contributed by atoms with Crippen molar-refractivity contribution in [2.75, 3.05) is 13.2 Å². The first-order valence-corrected chi connectivity index (χ1v) is 29.3. The molecule has 1 unspecified atom stereocenters. The molecule has 0 aliphatic carbocycles. The lowest BCUT2D eigenvalue weighted by molar-refractivity contribution is -0.167. The van der Waals surface area contributed by atoms with Crippen molar-refractivity contribution in [2.45, 2.75) is 336 Å². The van der Waals surface area contributed by atoms with Gasteiger partial charge in [-0.2, -0.15) is 0 Å². The van der Waals surface area contributed by atoms with Gasteiger partial charge in [-0.1, -0.05) is 291 Å². The molecule has 0 heterocycles. The van der Waals surface area contributed by atoms with Crippen LogP contribution in [0.15, 0.2) is 0 Å². The van der Waals surface area contributed by atoms with E-state index < -0.39 is 6.10 Å². The molecule has 65 heavy (non-hydrogen) atoms. The Morgan fingerprint density at radius 2 is 0.585 bits per heavy atom. The van der Waals surface area contributed by atoms with Gasteiger partial charge < -0.3 is 14.2 Å². The predicted molar refractivity (Wildman–Crippen MR) is 280 cm³/mol. The van der Waals surface area contributed by atoms with E-state index >= 15 is 0 Å². The van der Waals surface area contributed by atoms with Gasteiger partial charge in [0.05, 0.1) is 0 Å². The third-order valence-electron chi connectivity index (χ3n) is 13.8. The summed E-state index contributed by atoms with van der Waals surface area (Å²) >= 11 is 0. The molecule has 0 saturated carbocycles. The topological polar surface area (TPSA) is 78.9 Å². The van der Waals surface area contributed by atoms with Crippen molar-refractivity contribution in [3.8, 4) is 0 Å². The number of hydrogen-bond donors (Lipinski definition) is 0. The number of carbonyl (C=O) groups excluding carboxylic acids is 3. The highest BCUT2D eigenvalue weighted by Gasteiger charge is 2.19. The van der Waals surface area contributed by atoms with E-state index in [1.165, 1.54) is 218 Å². The Balaban J connectivity index is 4.19. The number of ether oxygens (including phenoxy) is 3. The summed E-state index contributed by atoms with van der Waals surface area (Å²) in [6.45, 7) is 11.4. The largest absolute Gasteiger partial charge is 0.462 e. The van der Waals surface area contributed by atoms with Crippen LogP contribution in [0.1, 0.15) is 330 Å². The van der Waals surface area contributed by atoms with E-state index in [1.54, 1.807) is 0 Å². The fourth-order valence-corrected chi connectivity index (χ4v) is 9.02. The van der Waals surface area contributed by atoms with E-state index in [0.717, 1.165) is 69.6 Å². The van der Waals surface area contributed by atoms with Crippen LogP contribution in [0.3, 0.4) is 0 Å². The lowest BCUT2D eigenvalue weighted by Gasteiger charge is -2.18. The average Bonchev–Trinajstić information content (AvgIpc) is 3.29. The van der Waals surface area contributed by atoms with Crippen LogP contribution >= 0.6 is 0 Å². The molecular weight excluding hydrogens is 805 g/mol. The second kappa shape index (κ2) is 51.8. The van der Waals surface area contributed by atoms with Gasteiger partial charge in [-0.3, -0.25) is 14.4 Å². The molecule has 6 nitrogen and oxygen atoms in total. The van der Waals surface area contributed by atoms with Crippen molar-refractivity contribution in [3.63, 3.8) is 0 Å². The first-order chi connectivity index (χ1) is 31.8. The summed E-state index contributed by atoms with van der Waals surface area (Å²) in [5.74, 6) is 0.907. The van der Waals surface area contributed by atoms with Crippen LogP contribution in [0.25, 0.3) is 0 Å². The highest BCUT2D eigenvalue weighted by atomic mass is 16.6. The molecule has 0 spiro atoms. The Labute approximate surface area is 406 Å². The average molecular weight is 920 g/mol. The highest BCUT2D eigenvalue weighted by Crippen LogP contribution is 2.19. The van der Waals surface area contributed by atoms with Crippen LogP contribution in [-0.2, 0) is 28.6 Å². The second-order valence-corrected chi connectivity index (χ2v) is 21.0. The molecule has 0 amide bonds. The van der Waals surface area contributed by atoms with E-state index in [1.807, 2.05) is 0 Å². The summed E-state index contributed by atoms with van der Waals surface area (Å²) in [7, 11) is 0. The first-order valence-electron chi connectivity index (χ1n) is 29.3. The van der Waals surface area contributed by atoms with Crippen LogP contribution in [0.2, 0.25) is 0 Å². The van der Waals surface area contributed by atoms with Crippen LogP contribution in [-0.4, -0.2) is 37.2 Å². The first kappa shape index (κ1) is 63.4. The SMILES string of the molecule is CCCCCCCCCCCC(=O)OC[C@H](COC(=O)CCCCCCCCCCCCCCCC(C)C)OC(=O)CCCCCCCCCCCCCCCCCCCCC(C)CC. The third-order valence-corrected chi connectivity index (χ3v) is 13.8. The molecule has 0 bridgehead atoms. The highest BCUT2D eigenvalue weighted by molar-refractivity contribution is 5.71. The van der Waals surface area contributed by atoms with Crippen LogP contribution in [0, 0.1) is 11.8 Å². The van der Waals surface area contributed by atoms with E-state index in [4.69, 9.17) is 14.2 Å². The summed E-state index contributed by atoms with van der Waals surface area (Å²) in [6.07, 6.45) is 55.3. The minimum Gasteiger partial charge on any atom is -0.462 e. The molecule has 0 aliphatic rings. The lowest BCUT2D eigenvalue weighted by Crippen LogP contribution is -2.30. The second-order valence-electron chi connectivity index (χ2n) is 21.0. The molecule has 6 heteroatoms. The standard InChI is InChI=1S/C59H114O6/c1-6-8-9-10-11-27-34-39-44-49-57(60)63-52-56(53-64-58(61)50-45-40-35-30-25-22-18-19-23-28-32-37-42-47-54(3)4)65-59(62)51-46-41-36-31-26-21-17-15-13-12-14-16-20-24-29-33-38-43-48-55(5)7-2/h54-56H,6-53H2,1-5H3/t55?,56-/m1/s1. The number of hydrogen-bond acceptors (Lipinski definition) is 6. The maximum absolute atomic E-state index is 12.8. The van der Waals surface area contributed by atoms with Gasteiger partial charge in [-0.05, 0) is 31.1 Å². The molecule has 0 aliphatic heterocycles. The molecule has 0 fully saturated rings. The van der Waals surface area contributed by atoms with Gasteiger partial charge in [0.1, 0.15) is 13.2 Å². The summed E-state index contributed by atoms with van der Waals surface area (Å²) in [4.78, 5) is 38.0. The van der Waals surface area contributed by atoms with Gasteiger partial charge in [-0.25, -0.2) is 0 Å². The zero-order valence-corrected chi connectivity index (χ0v) is 44.6. The smallest absolute Gasteiger partial charge is 0.306 e. The monoisotopic (exact) mass is 919 g/mol. The predicted octanol–water partition coefficient (Wildman–Crippen LogP) is 19.3. The van der Waals surface area contributed by atoms with Gasteiger partial charge in [-0.15, -0.1) is 0 Å². The van der Waals surface area contributed by atoms with E-state index in [-0.39, 0.29) is 31.1 Å². The Hall–Kier alpha value is -1.59. The van der Waals surface area contributed by atoms with Crippen LogP contribution in [0.4, 0.5) is 0 Å². The van der Waals surface area contributed by atoms with Crippen molar-refractivity contribution >= 4 is 17.9 Å². The van der Waals surface area contributed by atoms with E-state index in [0.29, 0.717) is 19.3 Å². The van der Waals surface area contributed by atoms with Crippen molar-refractivity contribution in [1.29, 1.82) is 0 Å². The summed E-state index contributed by atoms with van der Waals surface area (Å²) in [5, 5.41) is 0. The molecule has 0 radical (unpaired) electrons. The van der Waals surface area contributed by atoms with Gasteiger partial charge in [0.2, 0.25) is 0 Å². The van der Waals surface area contributed by atoms with Crippen molar-refractivity contribution in [1.82, 2.24) is 0 Å². The normalized spacial score (nSPS) is 12.5. The quantitative estimate of drug-likeness (QED) is 0.0344.